The van der Waals surface area contributed by atoms with E-state index in [1.54, 1.807) is 6.07 Å². The Kier molecular flexibility index (Phi) is 6.87. The van der Waals surface area contributed by atoms with Crippen molar-refractivity contribution in [2.45, 2.75) is 26.7 Å². The van der Waals surface area contributed by atoms with E-state index in [0.717, 1.165) is 25.9 Å². The first-order valence-electron chi connectivity index (χ1n) is 6.91. The third-order valence-corrected chi connectivity index (χ3v) is 3.27. The van der Waals surface area contributed by atoms with E-state index in [9.17, 15) is 10.1 Å². The highest BCUT2D eigenvalue weighted by molar-refractivity contribution is 7.80. The molecule has 0 atom stereocenters. The molecule has 0 unspecified atom stereocenters. The zero-order chi connectivity index (χ0) is 15.8. The number of nitrogens with zero attached hydrogens (tertiary/aromatic N) is 2. The van der Waals surface area contributed by atoms with Gasteiger partial charge in [0.2, 0.25) is 0 Å². The second-order valence-electron chi connectivity index (χ2n) is 4.56. The maximum atomic E-state index is 10.8. The summed E-state index contributed by atoms with van der Waals surface area (Å²) in [6.45, 7) is 5.93. The minimum atomic E-state index is -0.453. The van der Waals surface area contributed by atoms with Crippen molar-refractivity contribution < 1.29 is 9.66 Å². The second-order valence-corrected chi connectivity index (χ2v) is 4.95. The van der Waals surface area contributed by atoms with Crippen molar-refractivity contribution in [3.05, 3.63) is 28.3 Å². The summed E-state index contributed by atoms with van der Waals surface area (Å²) >= 11 is 5.41. The fraction of sp³-hybridized carbons (Fsp3) is 0.500. The summed E-state index contributed by atoms with van der Waals surface area (Å²) in [6.07, 6.45) is 2.00. The topological polar surface area (TPSA) is 67.6 Å². The Morgan fingerprint density at radius 2 is 2.00 bits per heavy atom. The number of hydrogen-bond donors (Lipinski definition) is 1. The van der Waals surface area contributed by atoms with E-state index in [2.05, 4.69) is 24.1 Å². The normalized spacial score (nSPS) is 10.0. The van der Waals surface area contributed by atoms with Gasteiger partial charge in [-0.25, -0.2) is 0 Å². The molecular formula is C14H21N3O3S. The molecule has 0 radical (unpaired) electrons. The maximum absolute atomic E-state index is 10.8. The monoisotopic (exact) mass is 311 g/mol. The number of rotatable bonds is 7. The third-order valence-electron chi connectivity index (χ3n) is 2.91. The van der Waals surface area contributed by atoms with Crippen molar-refractivity contribution in [2.24, 2.45) is 0 Å². The van der Waals surface area contributed by atoms with Crippen LogP contribution in [0, 0.1) is 10.1 Å². The molecule has 6 nitrogen and oxygen atoms in total. The Morgan fingerprint density at radius 3 is 2.48 bits per heavy atom. The fourth-order valence-electron chi connectivity index (χ4n) is 1.95. The first-order valence-corrected chi connectivity index (χ1v) is 7.32. The molecule has 0 aliphatic rings. The van der Waals surface area contributed by atoms with Gasteiger partial charge in [0.25, 0.3) is 5.69 Å². The highest BCUT2D eigenvalue weighted by Gasteiger charge is 2.14. The summed E-state index contributed by atoms with van der Waals surface area (Å²) in [5, 5.41) is 14.5. The third kappa shape index (κ3) is 4.86. The summed E-state index contributed by atoms with van der Waals surface area (Å²) in [5.41, 5.74) is 0.618. The van der Waals surface area contributed by atoms with Gasteiger partial charge in [-0.15, -0.1) is 0 Å². The quantitative estimate of drug-likeness (QED) is 0.473. The van der Waals surface area contributed by atoms with Crippen molar-refractivity contribution >= 4 is 28.7 Å². The molecule has 0 amide bonds. The van der Waals surface area contributed by atoms with E-state index in [4.69, 9.17) is 17.0 Å². The second kappa shape index (κ2) is 8.41. The number of anilines is 1. The van der Waals surface area contributed by atoms with Gasteiger partial charge in [-0.1, -0.05) is 13.8 Å². The molecule has 0 aliphatic carbocycles. The summed E-state index contributed by atoms with van der Waals surface area (Å²) in [6, 6.07) is 4.42. The van der Waals surface area contributed by atoms with E-state index >= 15 is 0 Å². The predicted octanol–water partition coefficient (Wildman–Crippen LogP) is 3.42. The van der Waals surface area contributed by atoms with Crippen molar-refractivity contribution in [3.8, 4) is 5.75 Å². The van der Waals surface area contributed by atoms with Gasteiger partial charge in [-0.3, -0.25) is 10.1 Å². The van der Waals surface area contributed by atoms with Crippen LogP contribution in [0.25, 0.3) is 0 Å². The summed E-state index contributed by atoms with van der Waals surface area (Å²) in [4.78, 5) is 12.4. The van der Waals surface area contributed by atoms with E-state index in [1.807, 2.05) is 0 Å². The van der Waals surface area contributed by atoms with Crippen LogP contribution in [-0.4, -0.2) is 35.1 Å². The first-order chi connectivity index (χ1) is 10.0. The Bertz CT molecular complexity index is 502. The SMILES string of the molecule is CCCN(CCC)C(=S)Nc1ccc([N+](=O)[O-])cc1OC. The van der Waals surface area contributed by atoms with Gasteiger partial charge in [0, 0.05) is 19.2 Å². The van der Waals surface area contributed by atoms with Gasteiger partial charge < -0.3 is 15.0 Å². The molecule has 0 aliphatic heterocycles. The molecule has 1 aromatic rings. The lowest BCUT2D eigenvalue weighted by molar-refractivity contribution is -0.384. The number of nitro groups is 1. The van der Waals surface area contributed by atoms with Crippen LogP contribution in [0.2, 0.25) is 0 Å². The van der Waals surface area contributed by atoms with Crippen molar-refractivity contribution in [1.82, 2.24) is 4.90 Å². The maximum Gasteiger partial charge on any atom is 0.273 e. The number of methoxy groups -OCH3 is 1. The molecule has 0 saturated heterocycles. The van der Waals surface area contributed by atoms with Gasteiger partial charge in [-0.05, 0) is 31.1 Å². The first kappa shape index (κ1) is 17.2. The molecule has 0 saturated carbocycles. The van der Waals surface area contributed by atoms with Crippen molar-refractivity contribution in [2.75, 3.05) is 25.5 Å². The Hall–Kier alpha value is -1.89. The van der Waals surface area contributed by atoms with Crippen LogP contribution < -0.4 is 10.1 Å². The van der Waals surface area contributed by atoms with Crippen LogP contribution in [0.15, 0.2) is 18.2 Å². The molecule has 21 heavy (non-hydrogen) atoms. The summed E-state index contributed by atoms with van der Waals surface area (Å²) in [5.74, 6) is 0.402. The molecule has 1 N–H and O–H groups in total. The van der Waals surface area contributed by atoms with Gasteiger partial charge in [0.15, 0.2) is 5.11 Å². The highest BCUT2D eigenvalue weighted by atomic mass is 32.1. The number of nitrogens with one attached hydrogen (secondary N) is 1. The van der Waals surface area contributed by atoms with Gasteiger partial charge in [-0.2, -0.15) is 0 Å². The van der Waals surface area contributed by atoms with Crippen LogP contribution in [0.3, 0.4) is 0 Å². The van der Waals surface area contributed by atoms with E-state index in [-0.39, 0.29) is 5.69 Å². The number of nitro benzene ring substituents is 1. The van der Waals surface area contributed by atoms with Gasteiger partial charge in [0.1, 0.15) is 5.75 Å². The number of hydrogen-bond acceptors (Lipinski definition) is 4. The number of ether oxygens (including phenoxy) is 1. The van der Waals surface area contributed by atoms with Crippen LogP contribution in [-0.2, 0) is 0 Å². The lowest BCUT2D eigenvalue weighted by atomic mass is 10.2. The van der Waals surface area contributed by atoms with E-state index < -0.39 is 4.92 Å². The Labute approximate surface area is 130 Å². The number of thiocarbonyl (C=S) groups is 1. The predicted molar refractivity (Wildman–Crippen MR) is 88.0 cm³/mol. The molecule has 7 heteroatoms. The Morgan fingerprint density at radius 1 is 1.38 bits per heavy atom. The van der Waals surface area contributed by atoms with Crippen molar-refractivity contribution in [3.63, 3.8) is 0 Å². The van der Waals surface area contributed by atoms with Crippen LogP contribution in [0.5, 0.6) is 5.75 Å². The molecule has 0 aromatic heterocycles. The number of non-ortho nitro benzene ring substituents is 1. The van der Waals surface area contributed by atoms with Gasteiger partial charge in [0.05, 0.1) is 23.8 Å². The lowest BCUT2D eigenvalue weighted by Crippen LogP contribution is -2.36. The van der Waals surface area contributed by atoms with Gasteiger partial charge >= 0.3 is 0 Å². The molecule has 1 aromatic carbocycles. The Balaban J connectivity index is 2.90. The number of benzene rings is 1. The molecule has 0 fully saturated rings. The van der Waals surface area contributed by atoms with Crippen LogP contribution in [0.4, 0.5) is 11.4 Å². The lowest BCUT2D eigenvalue weighted by Gasteiger charge is -2.25. The molecular weight excluding hydrogens is 290 g/mol. The zero-order valence-corrected chi connectivity index (χ0v) is 13.4. The summed E-state index contributed by atoms with van der Waals surface area (Å²) < 4.78 is 5.19. The largest absolute Gasteiger partial charge is 0.494 e. The smallest absolute Gasteiger partial charge is 0.273 e. The molecule has 116 valence electrons. The van der Waals surface area contributed by atoms with E-state index in [1.165, 1.54) is 19.2 Å². The average molecular weight is 311 g/mol. The minimum Gasteiger partial charge on any atom is -0.494 e. The highest BCUT2D eigenvalue weighted by Crippen LogP contribution is 2.29. The molecule has 1 rings (SSSR count). The standard InChI is InChI=1S/C14H21N3O3S/c1-4-8-16(9-5-2)14(21)15-12-7-6-11(17(18)19)10-13(12)20-3/h6-7,10H,4-5,8-9H2,1-3H3,(H,15,21). The average Bonchev–Trinajstić information content (AvgIpc) is 2.47. The summed E-state index contributed by atoms with van der Waals surface area (Å²) in [7, 11) is 1.48. The van der Waals surface area contributed by atoms with E-state index in [0.29, 0.717) is 16.5 Å². The molecule has 0 spiro atoms. The molecule has 0 bridgehead atoms. The zero-order valence-electron chi connectivity index (χ0n) is 12.6. The van der Waals surface area contributed by atoms with Crippen LogP contribution in [0.1, 0.15) is 26.7 Å². The fourth-order valence-corrected chi connectivity index (χ4v) is 2.24. The van der Waals surface area contributed by atoms with Crippen molar-refractivity contribution in [1.29, 1.82) is 0 Å². The minimum absolute atomic E-state index is 0.0118. The molecule has 0 heterocycles. The van der Waals surface area contributed by atoms with Crippen LogP contribution >= 0.6 is 12.2 Å².